The summed E-state index contributed by atoms with van der Waals surface area (Å²) in [6.45, 7) is 6.21. The van der Waals surface area contributed by atoms with Crippen molar-refractivity contribution >= 4 is 17.5 Å². The smallest absolute Gasteiger partial charge is 0.316 e. The third-order valence-electron chi connectivity index (χ3n) is 3.88. The molecule has 0 radical (unpaired) electrons. The molecule has 132 valence electrons. The van der Waals surface area contributed by atoms with E-state index in [1.54, 1.807) is 12.1 Å². The number of pyridine rings is 1. The van der Waals surface area contributed by atoms with Crippen LogP contribution >= 0.6 is 0 Å². The van der Waals surface area contributed by atoms with E-state index in [9.17, 15) is 9.59 Å². The number of nitrogens with zero attached hydrogens (tertiary/aromatic N) is 2. The van der Waals surface area contributed by atoms with E-state index in [2.05, 4.69) is 10.3 Å². The highest BCUT2D eigenvalue weighted by Gasteiger charge is 2.22. The van der Waals surface area contributed by atoms with Crippen LogP contribution in [0.3, 0.4) is 0 Å². The van der Waals surface area contributed by atoms with E-state index in [-0.39, 0.29) is 6.54 Å². The Balaban J connectivity index is 2.11. The van der Waals surface area contributed by atoms with E-state index in [1.807, 2.05) is 45.0 Å². The maximum atomic E-state index is 12.5. The van der Waals surface area contributed by atoms with Gasteiger partial charge < -0.3 is 15.0 Å². The fraction of sp³-hybridized carbons (Fsp3) is 0.316. The molecule has 0 bridgehead atoms. The molecule has 0 unspecified atom stereocenters. The van der Waals surface area contributed by atoms with E-state index in [0.29, 0.717) is 18.1 Å². The molecular weight excluding hydrogens is 318 g/mol. The molecule has 2 aromatic rings. The lowest BCUT2D eigenvalue weighted by molar-refractivity contribution is -0.137. The Morgan fingerprint density at radius 2 is 1.88 bits per heavy atom. The largest absolute Gasteiger partial charge is 0.481 e. The van der Waals surface area contributed by atoms with E-state index in [4.69, 9.17) is 4.74 Å². The van der Waals surface area contributed by atoms with Gasteiger partial charge in [0.25, 0.3) is 0 Å². The lowest BCUT2D eigenvalue weighted by Gasteiger charge is -2.20. The van der Waals surface area contributed by atoms with Crippen LogP contribution in [-0.4, -0.2) is 30.5 Å². The second kappa shape index (κ2) is 8.28. The van der Waals surface area contributed by atoms with Gasteiger partial charge in [-0.15, -0.1) is 0 Å². The Bertz CT molecular complexity index is 760. The lowest BCUT2D eigenvalue weighted by Crippen LogP contribution is -2.43. The van der Waals surface area contributed by atoms with Crippen molar-refractivity contribution in [2.75, 3.05) is 18.6 Å². The van der Waals surface area contributed by atoms with Gasteiger partial charge in [-0.05, 0) is 44.5 Å². The van der Waals surface area contributed by atoms with Crippen LogP contribution in [0.25, 0.3) is 0 Å². The number of aryl methyl sites for hydroxylation is 2. The fourth-order valence-corrected chi connectivity index (χ4v) is 2.63. The average Bonchev–Trinajstić information content (AvgIpc) is 2.61. The molecule has 2 amide bonds. The molecule has 0 aliphatic rings. The maximum Gasteiger partial charge on any atom is 0.316 e. The number of nitrogens with one attached hydrogen (secondary N) is 1. The van der Waals surface area contributed by atoms with E-state index < -0.39 is 11.8 Å². The fourth-order valence-electron chi connectivity index (χ4n) is 2.63. The number of aromatic nitrogens is 1. The molecule has 0 fully saturated rings. The first kappa shape index (κ1) is 18.4. The standard InChI is InChI=1S/C19H23N3O3/c1-5-22(15-9-7-6-8-10-15)19(24)17(23)20-12-16-13(2)11-14(3)21-18(16)25-4/h6-11H,5,12H2,1-4H3,(H,20,23). The topological polar surface area (TPSA) is 71.5 Å². The first-order valence-corrected chi connectivity index (χ1v) is 8.13. The summed E-state index contributed by atoms with van der Waals surface area (Å²) in [5.74, 6) is -0.793. The van der Waals surface area contributed by atoms with Crippen LogP contribution in [0.15, 0.2) is 36.4 Å². The van der Waals surface area contributed by atoms with Gasteiger partial charge in [0.2, 0.25) is 5.88 Å². The number of amides is 2. The summed E-state index contributed by atoms with van der Waals surface area (Å²) < 4.78 is 5.28. The predicted octanol–water partition coefficient (Wildman–Crippen LogP) is 2.38. The molecule has 1 N–H and O–H groups in total. The molecule has 0 saturated heterocycles. The zero-order valence-corrected chi connectivity index (χ0v) is 15.0. The summed E-state index contributed by atoms with van der Waals surface area (Å²) in [4.78, 5) is 30.5. The van der Waals surface area contributed by atoms with Crippen molar-refractivity contribution in [3.05, 3.63) is 53.2 Å². The Morgan fingerprint density at radius 1 is 1.20 bits per heavy atom. The third-order valence-corrected chi connectivity index (χ3v) is 3.88. The van der Waals surface area contributed by atoms with E-state index >= 15 is 0 Å². The Morgan fingerprint density at radius 3 is 2.48 bits per heavy atom. The zero-order valence-electron chi connectivity index (χ0n) is 15.0. The summed E-state index contributed by atoms with van der Waals surface area (Å²) in [6.07, 6.45) is 0. The number of hydrogen-bond acceptors (Lipinski definition) is 4. The molecule has 0 spiro atoms. The van der Waals surface area contributed by atoms with Crippen molar-refractivity contribution in [1.29, 1.82) is 0 Å². The molecule has 0 saturated carbocycles. The number of ether oxygens (including phenoxy) is 1. The van der Waals surface area contributed by atoms with Crippen LogP contribution in [0.4, 0.5) is 5.69 Å². The van der Waals surface area contributed by atoms with Crippen molar-refractivity contribution in [3.63, 3.8) is 0 Å². The summed E-state index contributed by atoms with van der Waals surface area (Å²) in [5, 5.41) is 2.67. The monoisotopic (exact) mass is 341 g/mol. The van der Waals surface area contributed by atoms with Gasteiger partial charge in [0.05, 0.1) is 7.11 Å². The normalized spacial score (nSPS) is 10.2. The molecular formula is C19H23N3O3. The Hall–Kier alpha value is -2.89. The summed E-state index contributed by atoms with van der Waals surface area (Å²) in [7, 11) is 1.53. The molecule has 0 aliphatic carbocycles. The number of carbonyl (C=O) groups excluding carboxylic acids is 2. The molecule has 6 heteroatoms. The van der Waals surface area contributed by atoms with Gasteiger partial charge in [-0.2, -0.15) is 0 Å². The summed E-state index contributed by atoms with van der Waals surface area (Å²) >= 11 is 0. The first-order chi connectivity index (χ1) is 12.0. The van der Waals surface area contributed by atoms with Crippen molar-refractivity contribution < 1.29 is 14.3 Å². The third kappa shape index (κ3) is 4.35. The van der Waals surface area contributed by atoms with Gasteiger partial charge in [0.15, 0.2) is 0 Å². The van der Waals surface area contributed by atoms with Gasteiger partial charge in [0, 0.05) is 30.0 Å². The molecule has 1 heterocycles. The minimum atomic E-state index is -0.660. The molecule has 0 atom stereocenters. The minimum Gasteiger partial charge on any atom is -0.481 e. The minimum absolute atomic E-state index is 0.180. The molecule has 1 aromatic heterocycles. The number of para-hydroxylation sites is 1. The zero-order chi connectivity index (χ0) is 18.4. The van der Waals surface area contributed by atoms with Crippen molar-refractivity contribution in [3.8, 4) is 5.88 Å². The van der Waals surface area contributed by atoms with Crippen molar-refractivity contribution in [2.24, 2.45) is 0 Å². The summed E-state index contributed by atoms with van der Waals surface area (Å²) in [6, 6.07) is 11.0. The number of anilines is 1. The van der Waals surface area contributed by atoms with Crippen LogP contribution in [0.1, 0.15) is 23.7 Å². The quantitative estimate of drug-likeness (QED) is 0.848. The highest BCUT2D eigenvalue weighted by atomic mass is 16.5. The average molecular weight is 341 g/mol. The number of rotatable bonds is 5. The number of benzene rings is 1. The highest BCUT2D eigenvalue weighted by Crippen LogP contribution is 2.20. The van der Waals surface area contributed by atoms with E-state index in [0.717, 1.165) is 16.8 Å². The Kier molecular flexibility index (Phi) is 6.11. The second-order valence-electron chi connectivity index (χ2n) is 5.64. The van der Waals surface area contributed by atoms with Gasteiger partial charge >= 0.3 is 11.8 Å². The molecule has 25 heavy (non-hydrogen) atoms. The number of carbonyl (C=O) groups is 2. The molecule has 0 aliphatic heterocycles. The van der Waals surface area contributed by atoms with Crippen LogP contribution in [0.2, 0.25) is 0 Å². The molecule has 2 rings (SSSR count). The van der Waals surface area contributed by atoms with Crippen molar-refractivity contribution in [2.45, 2.75) is 27.3 Å². The number of methoxy groups -OCH3 is 1. The van der Waals surface area contributed by atoms with Gasteiger partial charge in [0.1, 0.15) is 0 Å². The number of hydrogen-bond donors (Lipinski definition) is 1. The highest BCUT2D eigenvalue weighted by molar-refractivity contribution is 6.40. The van der Waals surface area contributed by atoms with Crippen LogP contribution < -0.4 is 15.0 Å². The lowest BCUT2D eigenvalue weighted by atomic mass is 10.1. The summed E-state index contributed by atoms with van der Waals surface area (Å²) in [5.41, 5.74) is 3.24. The van der Waals surface area contributed by atoms with Crippen LogP contribution in [0.5, 0.6) is 5.88 Å². The van der Waals surface area contributed by atoms with Gasteiger partial charge in [-0.1, -0.05) is 18.2 Å². The van der Waals surface area contributed by atoms with E-state index in [1.165, 1.54) is 12.0 Å². The maximum absolute atomic E-state index is 12.5. The molecule has 6 nitrogen and oxygen atoms in total. The van der Waals surface area contributed by atoms with Crippen molar-refractivity contribution in [1.82, 2.24) is 10.3 Å². The first-order valence-electron chi connectivity index (χ1n) is 8.13. The van der Waals surface area contributed by atoms with Gasteiger partial charge in [-0.25, -0.2) is 4.98 Å². The SMILES string of the molecule is CCN(C(=O)C(=O)NCc1c(C)cc(C)nc1OC)c1ccccc1. The van der Waals surface area contributed by atoms with Gasteiger partial charge in [-0.3, -0.25) is 9.59 Å². The van der Waals surface area contributed by atoms with Crippen LogP contribution in [0, 0.1) is 13.8 Å². The molecule has 1 aromatic carbocycles. The predicted molar refractivity (Wildman–Crippen MR) is 96.6 cm³/mol. The van der Waals surface area contributed by atoms with Crippen LogP contribution in [-0.2, 0) is 16.1 Å². The number of likely N-dealkylation sites (N-methyl/N-ethyl adjacent to an activating group) is 1. The second-order valence-corrected chi connectivity index (χ2v) is 5.64. The Labute approximate surface area is 147 Å².